The average Bonchev–Trinajstić information content (AvgIpc) is 2.48. The van der Waals surface area contributed by atoms with Gasteiger partial charge in [0.05, 0.1) is 11.3 Å². The molecule has 0 aliphatic heterocycles. The molecular formula is C17H13BrFNO3. The van der Waals surface area contributed by atoms with Crippen molar-refractivity contribution in [1.82, 2.24) is 0 Å². The lowest BCUT2D eigenvalue weighted by Gasteiger charge is -2.08. The van der Waals surface area contributed by atoms with E-state index in [4.69, 9.17) is 5.11 Å². The van der Waals surface area contributed by atoms with Gasteiger partial charge in [0.15, 0.2) is 0 Å². The Morgan fingerprint density at radius 3 is 2.61 bits per heavy atom. The number of carbonyl (C=O) groups excluding carboxylic acids is 1. The molecule has 0 unspecified atom stereocenters. The van der Waals surface area contributed by atoms with Gasteiger partial charge in [-0.1, -0.05) is 28.1 Å². The molecule has 118 valence electrons. The van der Waals surface area contributed by atoms with E-state index < -0.39 is 17.7 Å². The molecule has 0 aliphatic carbocycles. The van der Waals surface area contributed by atoms with Crippen molar-refractivity contribution in [1.29, 1.82) is 0 Å². The summed E-state index contributed by atoms with van der Waals surface area (Å²) >= 11 is 3.35. The van der Waals surface area contributed by atoms with E-state index in [0.717, 1.165) is 22.2 Å². The highest BCUT2D eigenvalue weighted by atomic mass is 79.9. The van der Waals surface area contributed by atoms with Crippen molar-refractivity contribution in [3.8, 4) is 0 Å². The molecule has 0 saturated carbocycles. The predicted molar refractivity (Wildman–Crippen MR) is 89.8 cm³/mol. The number of nitrogens with one attached hydrogen (secondary N) is 1. The molecular weight excluding hydrogens is 365 g/mol. The molecule has 2 N–H and O–H groups in total. The zero-order valence-electron chi connectivity index (χ0n) is 12.1. The second kappa shape index (κ2) is 7.19. The lowest BCUT2D eigenvalue weighted by Crippen LogP contribution is -2.12. The van der Waals surface area contributed by atoms with Crippen molar-refractivity contribution in [2.75, 3.05) is 5.32 Å². The molecule has 4 nitrogen and oxygen atoms in total. The molecule has 0 radical (unpaired) electrons. The number of carboxylic acids is 1. The maximum absolute atomic E-state index is 13.1. The summed E-state index contributed by atoms with van der Waals surface area (Å²) in [6.07, 6.45) is 1.36. The van der Waals surface area contributed by atoms with Crippen LogP contribution in [-0.2, 0) is 4.79 Å². The highest BCUT2D eigenvalue weighted by Crippen LogP contribution is 2.20. The van der Waals surface area contributed by atoms with Gasteiger partial charge in [-0.3, -0.25) is 4.79 Å². The molecule has 0 bridgehead atoms. The van der Waals surface area contributed by atoms with Gasteiger partial charge in [-0.15, -0.1) is 0 Å². The zero-order valence-corrected chi connectivity index (χ0v) is 13.7. The molecule has 2 rings (SSSR count). The van der Waals surface area contributed by atoms with Crippen molar-refractivity contribution in [2.45, 2.75) is 6.92 Å². The van der Waals surface area contributed by atoms with Crippen LogP contribution in [0.4, 0.5) is 10.1 Å². The molecule has 2 aromatic rings. The van der Waals surface area contributed by atoms with E-state index >= 15 is 0 Å². The SMILES string of the molecule is CC(=CC(=O)Nc1ccc(F)cc1C(=O)O)c1cccc(Br)c1. The fourth-order valence-electron chi connectivity index (χ4n) is 1.98. The Bertz CT molecular complexity index is 802. The summed E-state index contributed by atoms with van der Waals surface area (Å²) in [6.45, 7) is 1.77. The number of benzene rings is 2. The van der Waals surface area contributed by atoms with Crippen LogP contribution in [0.3, 0.4) is 0 Å². The van der Waals surface area contributed by atoms with Gasteiger partial charge in [0, 0.05) is 10.5 Å². The molecule has 0 fully saturated rings. The minimum Gasteiger partial charge on any atom is -0.478 e. The van der Waals surface area contributed by atoms with Gasteiger partial charge in [-0.05, 0) is 48.4 Å². The first-order valence-electron chi connectivity index (χ1n) is 6.65. The number of hydrogen-bond acceptors (Lipinski definition) is 2. The lowest BCUT2D eigenvalue weighted by atomic mass is 10.1. The first kappa shape index (κ1) is 16.9. The first-order chi connectivity index (χ1) is 10.9. The van der Waals surface area contributed by atoms with Gasteiger partial charge in [0.2, 0.25) is 5.91 Å². The number of anilines is 1. The van der Waals surface area contributed by atoms with E-state index in [1.54, 1.807) is 6.92 Å². The molecule has 0 atom stereocenters. The van der Waals surface area contributed by atoms with E-state index in [1.165, 1.54) is 12.1 Å². The highest BCUT2D eigenvalue weighted by Gasteiger charge is 2.13. The number of carbonyl (C=O) groups is 2. The molecule has 0 aromatic heterocycles. The fraction of sp³-hybridized carbons (Fsp3) is 0.0588. The van der Waals surface area contributed by atoms with Crippen LogP contribution in [0, 0.1) is 5.82 Å². The van der Waals surface area contributed by atoms with Gasteiger partial charge in [-0.25, -0.2) is 9.18 Å². The number of carboxylic acid groups (broad SMARTS) is 1. The quantitative estimate of drug-likeness (QED) is 0.779. The van der Waals surface area contributed by atoms with Crippen LogP contribution in [0.1, 0.15) is 22.8 Å². The predicted octanol–water partition coefficient (Wildman–Crippen LogP) is 4.33. The van der Waals surface area contributed by atoms with Crippen molar-refractivity contribution in [3.05, 3.63) is 70.0 Å². The largest absolute Gasteiger partial charge is 0.478 e. The summed E-state index contributed by atoms with van der Waals surface area (Å²) in [7, 11) is 0. The molecule has 23 heavy (non-hydrogen) atoms. The summed E-state index contributed by atoms with van der Waals surface area (Å²) in [4.78, 5) is 23.2. The molecule has 0 spiro atoms. The third-order valence-corrected chi connectivity index (χ3v) is 3.59. The number of aromatic carboxylic acids is 1. The zero-order chi connectivity index (χ0) is 17.0. The van der Waals surface area contributed by atoms with Crippen LogP contribution in [0.15, 0.2) is 53.0 Å². The Hall–Kier alpha value is -2.47. The standard InChI is InChI=1S/C17H13BrFNO3/c1-10(11-3-2-4-12(18)8-11)7-16(21)20-15-6-5-13(19)9-14(15)17(22)23/h2-9H,1H3,(H,20,21)(H,22,23). The summed E-state index contributed by atoms with van der Waals surface area (Å²) < 4.78 is 14.0. The fourth-order valence-corrected chi connectivity index (χ4v) is 2.38. The number of hydrogen-bond donors (Lipinski definition) is 2. The number of rotatable bonds is 4. The second-order valence-corrected chi connectivity index (χ2v) is 5.74. The van der Waals surface area contributed by atoms with Crippen LogP contribution in [0.25, 0.3) is 5.57 Å². The number of halogens is 2. The van der Waals surface area contributed by atoms with Crippen molar-refractivity contribution in [2.24, 2.45) is 0 Å². The first-order valence-corrected chi connectivity index (χ1v) is 7.44. The molecule has 2 aromatic carbocycles. The van der Waals surface area contributed by atoms with Crippen molar-refractivity contribution < 1.29 is 19.1 Å². The molecule has 6 heteroatoms. The van der Waals surface area contributed by atoms with Crippen LogP contribution < -0.4 is 5.32 Å². The van der Waals surface area contributed by atoms with E-state index in [2.05, 4.69) is 21.2 Å². The Morgan fingerprint density at radius 1 is 1.22 bits per heavy atom. The monoisotopic (exact) mass is 377 g/mol. The molecule has 0 saturated heterocycles. The van der Waals surface area contributed by atoms with E-state index in [9.17, 15) is 14.0 Å². The Kier molecular flexibility index (Phi) is 5.28. The smallest absolute Gasteiger partial charge is 0.337 e. The van der Waals surface area contributed by atoms with E-state index in [1.807, 2.05) is 24.3 Å². The van der Waals surface area contributed by atoms with Crippen LogP contribution in [0.2, 0.25) is 0 Å². The Balaban J connectivity index is 2.23. The highest BCUT2D eigenvalue weighted by molar-refractivity contribution is 9.10. The Morgan fingerprint density at radius 2 is 1.96 bits per heavy atom. The van der Waals surface area contributed by atoms with E-state index in [0.29, 0.717) is 5.57 Å². The topological polar surface area (TPSA) is 66.4 Å². The summed E-state index contributed by atoms with van der Waals surface area (Å²) in [6, 6.07) is 10.6. The number of allylic oxidation sites excluding steroid dienone is 1. The third kappa shape index (κ3) is 4.50. The minimum absolute atomic E-state index is 0.0437. The molecule has 0 heterocycles. The second-order valence-electron chi connectivity index (χ2n) is 4.82. The number of amides is 1. The molecule has 0 aliphatic rings. The van der Waals surface area contributed by atoms with Gasteiger partial charge >= 0.3 is 5.97 Å². The maximum Gasteiger partial charge on any atom is 0.337 e. The normalized spacial score (nSPS) is 11.2. The van der Waals surface area contributed by atoms with Crippen molar-refractivity contribution in [3.63, 3.8) is 0 Å². The van der Waals surface area contributed by atoms with Crippen LogP contribution in [-0.4, -0.2) is 17.0 Å². The minimum atomic E-state index is -1.31. The van der Waals surface area contributed by atoms with Crippen LogP contribution >= 0.6 is 15.9 Å². The third-order valence-electron chi connectivity index (χ3n) is 3.10. The lowest BCUT2D eigenvalue weighted by molar-refractivity contribution is -0.111. The molecule has 1 amide bonds. The Labute approximate surface area is 140 Å². The van der Waals surface area contributed by atoms with Crippen molar-refractivity contribution >= 4 is 39.1 Å². The summed E-state index contributed by atoms with van der Waals surface area (Å²) in [5.74, 6) is -2.48. The summed E-state index contributed by atoms with van der Waals surface area (Å²) in [5, 5.41) is 11.5. The van der Waals surface area contributed by atoms with Gasteiger partial charge in [0.1, 0.15) is 5.82 Å². The maximum atomic E-state index is 13.1. The van der Waals surface area contributed by atoms with Crippen LogP contribution in [0.5, 0.6) is 0 Å². The van der Waals surface area contributed by atoms with Gasteiger partial charge in [0.25, 0.3) is 0 Å². The van der Waals surface area contributed by atoms with Gasteiger partial charge < -0.3 is 10.4 Å². The van der Waals surface area contributed by atoms with E-state index in [-0.39, 0.29) is 11.3 Å². The van der Waals surface area contributed by atoms with Gasteiger partial charge in [-0.2, -0.15) is 0 Å². The summed E-state index contributed by atoms with van der Waals surface area (Å²) in [5.41, 5.74) is 1.31. The average molecular weight is 378 g/mol.